The van der Waals surface area contributed by atoms with Crippen molar-refractivity contribution in [3.8, 4) is 11.1 Å². The fourth-order valence-electron chi connectivity index (χ4n) is 2.45. The Morgan fingerprint density at radius 3 is 2.31 bits per heavy atom. The number of benzene rings is 2. The number of carbonyl (C=O) groups is 1. The summed E-state index contributed by atoms with van der Waals surface area (Å²) in [6.45, 7) is 2.13. The van der Waals surface area contributed by atoms with Crippen molar-refractivity contribution in [2.24, 2.45) is 0 Å². The first kappa shape index (κ1) is 9.34. The van der Waals surface area contributed by atoms with Gasteiger partial charge in [0.15, 0.2) is 5.78 Å². The van der Waals surface area contributed by atoms with Crippen LogP contribution in [-0.2, 0) is 6.42 Å². The maximum atomic E-state index is 12.2. The highest BCUT2D eigenvalue weighted by Gasteiger charge is 2.27. The maximum Gasteiger partial charge on any atom is 0.194 e. The average molecular weight is 208 g/mol. The van der Waals surface area contributed by atoms with Gasteiger partial charge in [-0.3, -0.25) is 4.79 Å². The van der Waals surface area contributed by atoms with Crippen molar-refractivity contribution < 1.29 is 4.79 Å². The molecule has 2 aromatic rings. The van der Waals surface area contributed by atoms with Gasteiger partial charge in [0.05, 0.1) is 0 Å². The SMILES string of the molecule is CCc1cccc2c1-c1ccccc1C2=O. The summed E-state index contributed by atoms with van der Waals surface area (Å²) in [6.07, 6.45) is 0.963. The zero-order chi connectivity index (χ0) is 11.1. The molecule has 1 aliphatic rings. The summed E-state index contributed by atoms with van der Waals surface area (Å²) in [6, 6.07) is 13.9. The molecule has 0 amide bonds. The van der Waals surface area contributed by atoms with E-state index in [4.69, 9.17) is 0 Å². The van der Waals surface area contributed by atoms with Crippen LogP contribution in [0.2, 0.25) is 0 Å². The second-order valence-electron chi connectivity index (χ2n) is 4.07. The van der Waals surface area contributed by atoms with E-state index in [9.17, 15) is 4.79 Å². The lowest BCUT2D eigenvalue weighted by Crippen LogP contribution is -1.95. The molecule has 0 spiro atoms. The van der Waals surface area contributed by atoms with Gasteiger partial charge in [-0.25, -0.2) is 0 Å². The molecule has 0 N–H and O–H groups in total. The van der Waals surface area contributed by atoms with Crippen LogP contribution in [0.5, 0.6) is 0 Å². The Balaban J connectivity index is 2.39. The third kappa shape index (κ3) is 1.09. The fraction of sp³-hybridized carbons (Fsp3) is 0.133. The van der Waals surface area contributed by atoms with E-state index in [1.165, 1.54) is 5.56 Å². The zero-order valence-corrected chi connectivity index (χ0v) is 9.16. The lowest BCUT2D eigenvalue weighted by Gasteiger charge is -2.05. The second-order valence-corrected chi connectivity index (χ2v) is 4.07. The molecular formula is C15H12O. The van der Waals surface area contributed by atoms with Crippen molar-refractivity contribution in [2.45, 2.75) is 13.3 Å². The Morgan fingerprint density at radius 1 is 0.875 bits per heavy atom. The summed E-state index contributed by atoms with van der Waals surface area (Å²) in [5, 5.41) is 0. The summed E-state index contributed by atoms with van der Waals surface area (Å²) in [5.41, 5.74) is 5.21. The average Bonchev–Trinajstić information content (AvgIpc) is 2.64. The molecule has 16 heavy (non-hydrogen) atoms. The number of rotatable bonds is 1. The van der Waals surface area contributed by atoms with E-state index in [-0.39, 0.29) is 5.78 Å². The fourth-order valence-corrected chi connectivity index (χ4v) is 2.45. The number of fused-ring (bicyclic) bond motifs is 3. The summed E-state index contributed by atoms with van der Waals surface area (Å²) < 4.78 is 0. The van der Waals surface area contributed by atoms with Crippen LogP contribution >= 0.6 is 0 Å². The number of carbonyl (C=O) groups excluding carboxylic acids is 1. The quantitative estimate of drug-likeness (QED) is 0.598. The van der Waals surface area contributed by atoms with Crippen molar-refractivity contribution in [1.29, 1.82) is 0 Å². The molecule has 0 saturated heterocycles. The van der Waals surface area contributed by atoms with E-state index in [0.29, 0.717) is 0 Å². The van der Waals surface area contributed by atoms with Gasteiger partial charge in [0.25, 0.3) is 0 Å². The second kappa shape index (κ2) is 3.31. The first-order chi connectivity index (χ1) is 7.83. The van der Waals surface area contributed by atoms with Crippen LogP contribution in [0.25, 0.3) is 11.1 Å². The Morgan fingerprint density at radius 2 is 1.56 bits per heavy atom. The molecule has 0 atom stereocenters. The topological polar surface area (TPSA) is 17.1 Å². The van der Waals surface area contributed by atoms with Gasteiger partial charge in [-0.05, 0) is 23.1 Å². The lowest BCUT2D eigenvalue weighted by molar-refractivity contribution is 0.104. The van der Waals surface area contributed by atoms with Crippen molar-refractivity contribution in [1.82, 2.24) is 0 Å². The zero-order valence-electron chi connectivity index (χ0n) is 9.16. The van der Waals surface area contributed by atoms with E-state index in [1.54, 1.807) is 0 Å². The first-order valence-corrected chi connectivity index (χ1v) is 5.59. The largest absolute Gasteiger partial charge is 0.289 e. The van der Waals surface area contributed by atoms with Crippen LogP contribution in [0.1, 0.15) is 28.4 Å². The van der Waals surface area contributed by atoms with Crippen molar-refractivity contribution in [2.75, 3.05) is 0 Å². The number of aryl methyl sites for hydroxylation is 1. The molecule has 0 radical (unpaired) electrons. The normalized spacial score (nSPS) is 12.4. The molecule has 1 heteroatoms. The van der Waals surface area contributed by atoms with Gasteiger partial charge < -0.3 is 0 Å². The van der Waals surface area contributed by atoms with Gasteiger partial charge in [0.1, 0.15) is 0 Å². The van der Waals surface area contributed by atoms with Crippen LogP contribution < -0.4 is 0 Å². The summed E-state index contributed by atoms with van der Waals surface area (Å²) >= 11 is 0. The molecule has 0 heterocycles. The highest BCUT2D eigenvalue weighted by molar-refractivity contribution is 6.22. The van der Waals surface area contributed by atoms with E-state index in [0.717, 1.165) is 28.7 Å². The third-order valence-electron chi connectivity index (χ3n) is 3.22. The summed E-state index contributed by atoms with van der Waals surface area (Å²) in [7, 11) is 0. The van der Waals surface area contributed by atoms with Gasteiger partial charge >= 0.3 is 0 Å². The van der Waals surface area contributed by atoms with Crippen molar-refractivity contribution in [3.05, 3.63) is 59.2 Å². The molecule has 78 valence electrons. The van der Waals surface area contributed by atoms with Gasteiger partial charge in [0, 0.05) is 11.1 Å². The van der Waals surface area contributed by atoms with Crippen molar-refractivity contribution in [3.63, 3.8) is 0 Å². The Hall–Kier alpha value is -1.89. The molecule has 0 saturated carbocycles. The summed E-state index contributed by atoms with van der Waals surface area (Å²) in [4.78, 5) is 12.2. The Labute approximate surface area is 94.7 Å². The smallest absolute Gasteiger partial charge is 0.194 e. The molecule has 3 rings (SSSR count). The minimum atomic E-state index is 0.168. The molecule has 0 fully saturated rings. The summed E-state index contributed by atoms with van der Waals surface area (Å²) in [5.74, 6) is 0.168. The predicted molar refractivity (Wildman–Crippen MR) is 64.7 cm³/mol. The van der Waals surface area contributed by atoms with Crippen molar-refractivity contribution >= 4 is 5.78 Å². The molecule has 1 aliphatic carbocycles. The highest BCUT2D eigenvalue weighted by atomic mass is 16.1. The van der Waals surface area contributed by atoms with Crippen LogP contribution in [0.3, 0.4) is 0 Å². The van der Waals surface area contributed by atoms with Gasteiger partial charge in [-0.15, -0.1) is 0 Å². The van der Waals surface area contributed by atoms with Gasteiger partial charge in [0.2, 0.25) is 0 Å². The van der Waals surface area contributed by atoms with Crippen LogP contribution in [0, 0.1) is 0 Å². The van der Waals surface area contributed by atoms with Crippen LogP contribution in [0.15, 0.2) is 42.5 Å². The van der Waals surface area contributed by atoms with Crippen LogP contribution in [-0.4, -0.2) is 5.78 Å². The van der Waals surface area contributed by atoms with E-state index in [1.807, 2.05) is 36.4 Å². The van der Waals surface area contributed by atoms with E-state index >= 15 is 0 Å². The Kier molecular flexibility index (Phi) is 1.93. The molecular weight excluding hydrogens is 196 g/mol. The molecule has 0 unspecified atom stereocenters. The number of hydrogen-bond acceptors (Lipinski definition) is 1. The van der Waals surface area contributed by atoms with Gasteiger partial charge in [-0.1, -0.05) is 49.4 Å². The minimum absolute atomic E-state index is 0.168. The standard InChI is InChI=1S/C15H12O/c1-2-10-6-5-9-13-14(10)11-7-3-4-8-12(11)15(13)16/h3-9H,2H2,1H3. The Bertz CT molecular complexity index is 582. The van der Waals surface area contributed by atoms with E-state index < -0.39 is 0 Å². The monoisotopic (exact) mass is 208 g/mol. The number of ketones is 1. The molecule has 1 nitrogen and oxygen atoms in total. The predicted octanol–water partition coefficient (Wildman–Crippen LogP) is 3.46. The third-order valence-corrected chi connectivity index (χ3v) is 3.22. The molecule has 0 bridgehead atoms. The van der Waals surface area contributed by atoms with E-state index in [2.05, 4.69) is 13.0 Å². The number of hydrogen-bond donors (Lipinski definition) is 0. The van der Waals surface area contributed by atoms with Gasteiger partial charge in [-0.2, -0.15) is 0 Å². The minimum Gasteiger partial charge on any atom is -0.289 e. The highest BCUT2D eigenvalue weighted by Crippen LogP contribution is 2.38. The molecule has 0 aromatic heterocycles. The molecule has 2 aromatic carbocycles. The molecule has 0 aliphatic heterocycles. The first-order valence-electron chi connectivity index (χ1n) is 5.59. The lowest BCUT2D eigenvalue weighted by atomic mass is 9.98. The maximum absolute atomic E-state index is 12.2. The van der Waals surface area contributed by atoms with Crippen LogP contribution in [0.4, 0.5) is 0 Å².